The second-order valence-corrected chi connectivity index (χ2v) is 11.3. The fraction of sp³-hybridized carbons (Fsp3) is 0.318. The lowest BCUT2D eigenvalue weighted by molar-refractivity contribution is 0.194. The number of carbonyl (C=O) groups excluding carboxylic acids is 1. The van der Waals surface area contributed by atoms with Crippen LogP contribution < -0.4 is 10.2 Å². The maximum Gasteiger partial charge on any atom is 0.322 e. The third-order valence-electron chi connectivity index (χ3n) is 5.99. The molecule has 166 valence electrons. The Balaban J connectivity index is 1.51. The second-order valence-electron chi connectivity index (χ2n) is 8.34. The molecule has 3 aromatic rings. The number of urea groups is 1. The van der Waals surface area contributed by atoms with Gasteiger partial charge in [0.2, 0.25) is 0 Å². The quantitative estimate of drug-likeness (QED) is 0.592. The lowest BCUT2D eigenvalue weighted by atomic mass is 10.0. The molecule has 0 aliphatic carbocycles. The summed E-state index contributed by atoms with van der Waals surface area (Å²) < 4.78 is 16.6. The molecule has 10 heteroatoms. The maximum absolute atomic E-state index is 14.7. The van der Waals surface area contributed by atoms with Gasteiger partial charge in [0.25, 0.3) is 0 Å². The Morgan fingerprint density at radius 2 is 1.91 bits per heavy atom. The zero-order valence-corrected chi connectivity index (χ0v) is 19.8. The van der Waals surface area contributed by atoms with Crippen LogP contribution in [0.2, 0.25) is 0 Å². The summed E-state index contributed by atoms with van der Waals surface area (Å²) in [5, 5.41) is 7.35. The Bertz CT molecular complexity index is 1170. The fourth-order valence-electron chi connectivity index (χ4n) is 4.30. The van der Waals surface area contributed by atoms with Gasteiger partial charge < -0.3 is 15.1 Å². The average Bonchev–Trinajstić information content (AvgIpc) is 3.39. The molecule has 4 heterocycles. The van der Waals surface area contributed by atoms with E-state index >= 15 is 0 Å². The number of hydrogen-bond donors (Lipinski definition) is 1. The summed E-state index contributed by atoms with van der Waals surface area (Å²) in [6.07, 6.45) is 4.38. The highest BCUT2D eigenvalue weighted by Gasteiger charge is 2.33. The smallest absolute Gasteiger partial charge is 0.322 e. The monoisotopic (exact) mass is 470 g/mol. The number of carbonyl (C=O) groups is 1. The molecule has 0 spiro atoms. The molecular weight excluding hydrogens is 445 g/mol. The number of amides is 2. The summed E-state index contributed by atoms with van der Waals surface area (Å²) in [4.78, 5) is 21.8. The molecule has 1 N–H and O–H groups in total. The summed E-state index contributed by atoms with van der Waals surface area (Å²) in [6, 6.07) is 10.1. The highest BCUT2D eigenvalue weighted by Crippen LogP contribution is 2.42. The van der Waals surface area contributed by atoms with E-state index in [4.69, 9.17) is 0 Å². The second kappa shape index (κ2) is 8.42. The van der Waals surface area contributed by atoms with Crippen molar-refractivity contribution in [3.8, 4) is 11.1 Å². The van der Waals surface area contributed by atoms with Crippen LogP contribution in [0, 0.1) is 5.82 Å². The van der Waals surface area contributed by atoms with Crippen LogP contribution in [-0.4, -0.2) is 50.2 Å². The number of anilines is 2. The molecule has 2 aromatic heterocycles. The number of halogens is 1. The van der Waals surface area contributed by atoms with Gasteiger partial charge in [-0.3, -0.25) is 4.68 Å². The van der Waals surface area contributed by atoms with Gasteiger partial charge in [0, 0.05) is 48.1 Å². The van der Waals surface area contributed by atoms with Crippen molar-refractivity contribution in [2.75, 3.05) is 29.9 Å². The van der Waals surface area contributed by atoms with Gasteiger partial charge >= 0.3 is 6.03 Å². The molecule has 0 bridgehead atoms. The number of fused-ring (bicyclic) bond motifs is 1. The molecule has 0 saturated carbocycles. The van der Waals surface area contributed by atoms with Crippen molar-refractivity contribution in [2.45, 2.75) is 24.4 Å². The van der Waals surface area contributed by atoms with Crippen molar-refractivity contribution < 1.29 is 9.18 Å². The normalized spacial score (nSPS) is 17.3. The number of aromatic nitrogens is 3. The van der Waals surface area contributed by atoms with Crippen molar-refractivity contribution in [2.24, 2.45) is 0 Å². The van der Waals surface area contributed by atoms with E-state index in [2.05, 4.69) is 38.8 Å². The van der Waals surface area contributed by atoms with Crippen LogP contribution >= 0.6 is 18.5 Å². The molecule has 2 amide bonds. The zero-order chi connectivity index (χ0) is 22.3. The first-order valence-electron chi connectivity index (χ1n) is 10.5. The summed E-state index contributed by atoms with van der Waals surface area (Å²) in [7, 11) is 5.75. The van der Waals surface area contributed by atoms with Gasteiger partial charge in [-0.2, -0.15) is 5.10 Å². The predicted octanol–water partition coefficient (Wildman–Crippen LogP) is 3.79. The van der Waals surface area contributed by atoms with Gasteiger partial charge in [-0.15, -0.1) is 18.5 Å². The van der Waals surface area contributed by atoms with Gasteiger partial charge in [-0.05, 0) is 24.6 Å². The van der Waals surface area contributed by atoms with E-state index in [1.165, 1.54) is 6.07 Å². The molecule has 2 atom stereocenters. The molecule has 5 rings (SSSR count). The van der Waals surface area contributed by atoms with Crippen LogP contribution in [-0.2, 0) is 13.1 Å². The molecule has 1 aromatic carbocycles. The third kappa shape index (κ3) is 4.10. The summed E-state index contributed by atoms with van der Waals surface area (Å²) in [5.41, 5.74) is 2.58. The molecule has 2 aliphatic rings. The molecule has 7 nitrogen and oxygen atoms in total. The molecule has 1 saturated heterocycles. The Kier molecular flexibility index (Phi) is 5.60. The van der Waals surface area contributed by atoms with E-state index < -0.39 is 0 Å². The van der Waals surface area contributed by atoms with E-state index in [0.29, 0.717) is 42.3 Å². The topological polar surface area (TPSA) is 66.3 Å². The number of rotatable bonds is 3. The minimum atomic E-state index is -0.338. The van der Waals surface area contributed by atoms with Gasteiger partial charge in [0.15, 0.2) is 5.82 Å². The van der Waals surface area contributed by atoms with Gasteiger partial charge in [0.1, 0.15) is 5.82 Å². The number of pyridine rings is 1. The minimum absolute atomic E-state index is 0.0117. The minimum Gasteiger partial charge on any atom is -0.354 e. The van der Waals surface area contributed by atoms with Crippen molar-refractivity contribution in [3.05, 3.63) is 60.3 Å². The lowest BCUT2D eigenvalue weighted by Crippen LogP contribution is -2.41. The fourth-order valence-corrected chi connectivity index (χ4v) is 5.00. The highest BCUT2D eigenvalue weighted by molar-refractivity contribution is 7.40. The molecule has 32 heavy (non-hydrogen) atoms. The molecule has 0 radical (unpaired) electrons. The maximum atomic E-state index is 14.7. The summed E-state index contributed by atoms with van der Waals surface area (Å²) in [6.45, 7) is 3.22. The third-order valence-corrected chi connectivity index (χ3v) is 6.93. The summed E-state index contributed by atoms with van der Waals surface area (Å²) >= 11 is 0. The van der Waals surface area contributed by atoms with E-state index in [9.17, 15) is 9.18 Å². The van der Waals surface area contributed by atoms with E-state index in [-0.39, 0.29) is 16.7 Å². The Morgan fingerprint density at radius 1 is 1.06 bits per heavy atom. The van der Waals surface area contributed by atoms with Crippen LogP contribution in [0.15, 0.2) is 48.8 Å². The van der Waals surface area contributed by atoms with Gasteiger partial charge in [-0.1, -0.05) is 18.2 Å². The van der Waals surface area contributed by atoms with Gasteiger partial charge in [-0.25, -0.2) is 14.2 Å². The Hall–Kier alpha value is -2.56. The number of benzene rings is 1. The van der Waals surface area contributed by atoms with Crippen LogP contribution in [0.3, 0.4) is 0 Å². The van der Waals surface area contributed by atoms with Gasteiger partial charge in [0.05, 0.1) is 24.5 Å². The Morgan fingerprint density at radius 3 is 2.69 bits per heavy atom. The Labute approximate surface area is 190 Å². The highest BCUT2D eigenvalue weighted by atomic mass is 31.1. The largest absolute Gasteiger partial charge is 0.354 e. The van der Waals surface area contributed by atoms with Crippen molar-refractivity contribution in [1.29, 1.82) is 0 Å². The molecule has 2 aliphatic heterocycles. The predicted molar refractivity (Wildman–Crippen MR) is 130 cm³/mol. The molecular formula is C22H25FN6OP2. The SMILES string of the molecule is O=C(Nc1c(-c2ccccc2F)ccnc1N1CCC(P)(P)C1)N1CCn2nccc2C1. The standard InChI is InChI=1S/C22H25FN6OP2/c23-18-4-2-1-3-16(18)17-6-8-24-20(28-10-7-22(31,32)14-28)19(17)26-21(30)27-11-12-29-15(13-27)5-9-25-29/h1-6,8-9H,7,10-14,31-32H2,(H,26,30). The first-order chi connectivity index (χ1) is 15.4. The lowest BCUT2D eigenvalue weighted by Gasteiger charge is -2.30. The van der Waals surface area contributed by atoms with Crippen LogP contribution in [0.25, 0.3) is 11.1 Å². The van der Waals surface area contributed by atoms with Crippen molar-refractivity contribution in [1.82, 2.24) is 19.7 Å². The van der Waals surface area contributed by atoms with E-state index in [0.717, 1.165) is 25.2 Å². The first-order valence-corrected chi connectivity index (χ1v) is 11.7. The number of nitrogens with one attached hydrogen (secondary N) is 1. The average molecular weight is 470 g/mol. The molecule has 2 unspecified atom stereocenters. The number of hydrogen-bond acceptors (Lipinski definition) is 4. The van der Waals surface area contributed by atoms with Crippen molar-refractivity contribution >= 4 is 36.0 Å². The summed E-state index contributed by atoms with van der Waals surface area (Å²) in [5.74, 6) is 0.322. The van der Waals surface area contributed by atoms with E-state index in [1.54, 1.807) is 41.6 Å². The van der Waals surface area contributed by atoms with Crippen LogP contribution in [0.5, 0.6) is 0 Å². The number of nitrogens with zero attached hydrogens (tertiary/aromatic N) is 5. The first kappa shape index (κ1) is 21.3. The van der Waals surface area contributed by atoms with Crippen molar-refractivity contribution in [3.63, 3.8) is 0 Å². The van der Waals surface area contributed by atoms with Crippen LogP contribution in [0.1, 0.15) is 12.1 Å². The zero-order valence-electron chi connectivity index (χ0n) is 17.5. The van der Waals surface area contributed by atoms with E-state index in [1.807, 2.05) is 10.7 Å². The molecule has 1 fully saturated rings. The van der Waals surface area contributed by atoms with Crippen LogP contribution in [0.4, 0.5) is 20.7 Å².